The minimum atomic E-state index is -4.67. The van der Waals surface area contributed by atoms with Crippen LogP contribution in [0.25, 0.3) is 0 Å². The normalized spacial score (nSPS) is 9.00. The SMILES string of the molecule is C=CC(N)=O.CC(C)C.O=S(=O)(O)O. The largest absolute Gasteiger partial charge is 0.394 e. The number of carbonyl (C=O) groups excluding carboxylic acids is 1. The maximum Gasteiger partial charge on any atom is 0.394 e. The molecule has 0 aliphatic rings. The Hall–Kier alpha value is -0.920. The molecular weight excluding hydrogens is 210 g/mol. The Morgan fingerprint density at radius 2 is 1.43 bits per heavy atom. The number of rotatable bonds is 1. The molecule has 0 spiro atoms. The molecule has 0 aliphatic heterocycles. The molecule has 0 aromatic rings. The van der Waals surface area contributed by atoms with E-state index in [0.29, 0.717) is 0 Å². The summed E-state index contributed by atoms with van der Waals surface area (Å²) in [5.74, 6) is 0.352. The minimum absolute atomic E-state index is 0.481. The Morgan fingerprint density at radius 3 is 1.43 bits per heavy atom. The molecule has 1 amide bonds. The number of carbonyl (C=O) groups is 1. The number of nitrogens with two attached hydrogens (primary N) is 1. The molecule has 0 aliphatic carbocycles. The average molecular weight is 227 g/mol. The highest BCUT2D eigenvalue weighted by atomic mass is 32.3. The highest BCUT2D eigenvalue weighted by Gasteiger charge is 1.84. The molecule has 0 bridgehead atoms. The molecule has 0 rings (SSSR count). The van der Waals surface area contributed by atoms with Gasteiger partial charge < -0.3 is 5.73 Å². The molecule has 0 aromatic heterocycles. The standard InChI is InChI=1S/C4H10.C3H5NO.H2O4S/c1-4(2)3;1-2-3(4)5;1-5(2,3)4/h4H,1-3H3;2H,1H2,(H2,4,5);(H2,1,2,3,4). The molecule has 14 heavy (non-hydrogen) atoms. The fraction of sp³-hybridized carbons (Fsp3) is 0.571. The molecule has 7 heteroatoms. The highest BCUT2D eigenvalue weighted by Crippen LogP contribution is 1.81. The van der Waals surface area contributed by atoms with Gasteiger partial charge in [0.1, 0.15) is 0 Å². The second-order valence-electron chi connectivity index (χ2n) is 2.79. The van der Waals surface area contributed by atoms with Crippen molar-refractivity contribution in [3.63, 3.8) is 0 Å². The lowest BCUT2D eigenvalue weighted by molar-refractivity contribution is -0.113. The van der Waals surface area contributed by atoms with Gasteiger partial charge in [-0.1, -0.05) is 27.4 Å². The van der Waals surface area contributed by atoms with Crippen LogP contribution in [0.4, 0.5) is 0 Å². The molecular formula is C7H17NO5S. The topological polar surface area (TPSA) is 118 Å². The van der Waals surface area contributed by atoms with Crippen LogP contribution < -0.4 is 5.73 Å². The van der Waals surface area contributed by atoms with E-state index in [1.54, 1.807) is 0 Å². The van der Waals surface area contributed by atoms with E-state index in [9.17, 15) is 4.79 Å². The van der Waals surface area contributed by atoms with E-state index < -0.39 is 16.3 Å². The summed E-state index contributed by atoms with van der Waals surface area (Å²) in [6, 6.07) is 0. The zero-order valence-electron chi connectivity index (χ0n) is 8.47. The summed E-state index contributed by atoms with van der Waals surface area (Å²) < 4.78 is 31.6. The quantitative estimate of drug-likeness (QED) is 0.449. The van der Waals surface area contributed by atoms with Crippen LogP contribution in [0, 0.1) is 5.92 Å². The van der Waals surface area contributed by atoms with Gasteiger partial charge in [-0.25, -0.2) is 0 Å². The second-order valence-corrected chi connectivity index (χ2v) is 3.68. The lowest BCUT2D eigenvalue weighted by Gasteiger charge is -1.79. The highest BCUT2D eigenvalue weighted by molar-refractivity contribution is 7.79. The van der Waals surface area contributed by atoms with Crippen molar-refractivity contribution in [1.29, 1.82) is 0 Å². The van der Waals surface area contributed by atoms with E-state index in [-0.39, 0.29) is 0 Å². The van der Waals surface area contributed by atoms with E-state index in [2.05, 4.69) is 33.1 Å². The van der Waals surface area contributed by atoms with Crippen molar-refractivity contribution in [2.24, 2.45) is 11.7 Å². The number of primary amides is 1. The molecule has 0 radical (unpaired) electrons. The van der Waals surface area contributed by atoms with Crippen LogP contribution in [0.15, 0.2) is 12.7 Å². The average Bonchev–Trinajstić information content (AvgIpc) is 1.82. The summed E-state index contributed by atoms with van der Waals surface area (Å²) in [5, 5.41) is 0. The second kappa shape index (κ2) is 10.2. The Kier molecular flexibility index (Phi) is 13.6. The Labute approximate surface area is 84.4 Å². The summed E-state index contributed by atoms with van der Waals surface area (Å²) in [6.07, 6.45) is 1.06. The van der Waals surface area contributed by atoms with Crippen LogP contribution in [0.2, 0.25) is 0 Å². The molecule has 86 valence electrons. The van der Waals surface area contributed by atoms with Crippen LogP contribution in [-0.4, -0.2) is 23.4 Å². The predicted octanol–water partition coefficient (Wildman–Crippen LogP) is 0.667. The van der Waals surface area contributed by atoms with Gasteiger partial charge in [-0.15, -0.1) is 0 Å². The molecule has 6 nitrogen and oxygen atoms in total. The van der Waals surface area contributed by atoms with Crippen LogP contribution in [0.5, 0.6) is 0 Å². The van der Waals surface area contributed by atoms with E-state index >= 15 is 0 Å². The van der Waals surface area contributed by atoms with Crippen LogP contribution in [-0.2, 0) is 15.2 Å². The van der Waals surface area contributed by atoms with Gasteiger partial charge >= 0.3 is 10.4 Å². The van der Waals surface area contributed by atoms with Crippen LogP contribution >= 0.6 is 0 Å². The third-order valence-corrected chi connectivity index (χ3v) is 0.201. The van der Waals surface area contributed by atoms with Gasteiger partial charge in [0.05, 0.1) is 0 Å². The van der Waals surface area contributed by atoms with Gasteiger partial charge in [0, 0.05) is 0 Å². The first-order chi connectivity index (χ1) is 6.00. The molecule has 0 saturated heterocycles. The van der Waals surface area contributed by atoms with Crippen molar-refractivity contribution >= 4 is 16.3 Å². The van der Waals surface area contributed by atoms with E-state index in [1.807, 2.05) is 0 Å². The Morgan fingerprint density at radius 1 is 1.36 bits per heavy atom. The molecule has 4 N–H and O–H groups in total. The fourth-order valence-corrected chi connectivity index (χ4v) is 0. The third-order valence-electron chi connectivity index (χ3n) is 0.201. The van der Waals surface area contributed by atoms with Gasteiger partial charge in [-0.3, -0.25) is 13.9 Å². The molecule has 0 unspecified atom stereocenters. The lowest BCUT2D eigenvalue weighted by atomic mass is 10.3. The maximum absolute atomic E-state index is 9.47. The first-order valence-corrected chi connectivity index (χ1v) is 5.02. The van der Waals surface area contributed by atoms with E-state index in [4.69, 9.17) is 17.5 Å². The molecule has 0 atom stereocenters. The van der Waals surface area contributed by atoms with E-state index in [0.717, 1.165) is 12.0 Å². The molecule has 0 fully saturated rings. The zero-order chi connectivity index (χ0) is 12.4. The van der Waals surface area contributed by atoms with Crippen molar-refractivity contribution in [3.05, 3.63) is 12.7 Å². The summed E-state index contributed by atoms with van der Waals surface area (Å²) in [4.78, 5) is 9.47. The maximum atomic E-state index is 9.47. The van der Waals surface area contributed by atoms with E-state index in [1.165, 1.54) is 0 Å². The van der Waals surface area contributed by atoms with Crippen molar-refractivity contribution < 1.29 is 22.3 Å². The van der Waals surface area contributed by atoms with Gasteiger partial charge in [0.15, 0.2) is 0 Å². The van der Waals surface area contributed by atoms with Gasteiger partial charge in [0.25, 0.3) is 0 Å². The molecule has 0 heterocycles. The number of hydrogen-bond donors (Lipinski definition) is 3. The van der Waals surface area contributed by atoms with Crippen molar-refractivity contribution in [2.45, 2.75) is 20.8 Å². The zero-order valence-corrected chi connectivity index (χ0v) is 9.28. The Balaban J connectivity index is -0.000000131. The van der Waals surface area contributed by atoms with Crippen molar-refractivity contribution in [2.75, 3.05) is 0 Å². The number of amides is 1. The lowest BCUT2D eigenvalue weighted by Crippen LogP contribution is -2.04. The van der Waals surface area contributed by atoms with Crippen molar-refractivity contribution in [1.82, 2.24) is 0 Å². The Bertz CT molecular complexity index is 234. The predicted molar refractivity (Wildman–Crippen MR) is 54.1 cm³/mol. The minimum Gasteiger partial charge on any atom is -0.366 e. The van der Waals surface area contributed by atoms with Crippen LogP contribution in [0.1, 0.15) is 20.8 Å². The fourth-order valence-electron chi connectivity index (χ4n) is 0. The smallest absolute Gasteiger partial charge is 0.366 e. The number of hydrogen-bond acceptors (Lipinski definition) is 3. The molecule has 0 saturated carbocycles. The summed E-state index contributed by atoms with van der Waals surface area (Å²) in [6.45, 7) is 9.59. The summed E-state index contributed by atoms with van der Waals surface area (Å²) in [7, 11) is -4.67. The summed E-state index contributed by atoms with van der Waals surface area (Å²) in [5.41, 5.74) is 4.53. The van der Waals surface area contributed by atoms with Crippen molar-refractivity contribution in [3.8, 4) is 0 Å². The first-order valence-electron chi connectivity index (χ1n) is 3.62. The third kappa shape index (κ3) is 965. The monoisotopic (exact) mass is 227 g/mol. The van der Waals surface area contributed by atoms with Crippen LogP contribution in [0.3, 0.4) is 0 Å². The van der Waals surface area contributed by atoms with Gasteiger partial charge in [-0.2, -0.15) is 8.42 Å². The van der Waals surface area contributed by atoms with Gasteiger partial charge in [0.2, 0.25) is 5.91 Å². The first kappa shape index (κ1) is 18.8. The summed E-state index contributed by atoms with van der Waals surface area (Å²) >= 11 is 0. The van der Waals surface area contributed by atoms with Gasteiger partial charge in [-0.05, 0) is 12.0 Å². The molecule has 0 aromatic carbocycles.